The van der Waals surface area contributed by atoms with Crippen molar-refractivity contribution in [2.24, 2.45) is 0 Å². The van der Waals surface area contributed by atoms with Gasteiger partial charge in [0.2, 0.25) is 5.82 Å². The van der Waals surface area contributed by atoms with Gasteiger partial charge in [-0.2, -0.15) is 0 Å². The highest BCUT2D eigenvalue weighted by Crippen LogP contribution is 2.31. The number of imidazole rings is 1. The van der Waals surface area contributed by atoms with Crippen molar-refractivity contribution in [1.82, 2.24) is 19.5 Å². The number of nitrogens with zero attached hydrogens (tertiary/aromatic N) is 5. The number of nitrogens with two attached hydrogens (primary N) is 1. The molecule has 1 aliphatic heterocycles. The van der Waals surface area contributed by atoms with E-state index >= 15 is 0 Å². The van der Waals surface area contributed by atoms with Crippen LogP contribution in [0.3, 0.4) is 0 Å². The molecule has 0 unspecified atom stereocenters. The molecule has 1 aliphatic rings. The first-order valence-electron chi connectivity index (χ1n) is 10.6. The molecule has 2 aromatic carbocycles. The van der Waals surface area contributed by atoms with E-state index in [0.717, 1.165) is 22.0 Å². The lowest BCUT2D eigenvalue weighted by atomic mass is 10.0. The van der Waals surface area contributed by atoms with Crippen LogP contribution in [0.4, 0.5) is 11.5 Å². The average molecular weight is 444 g/mol. The quantitative estimate of drug-likeness (QED) is 0.408. The molecule has 0 spiro atoms. The fraction of sp³-hybridized carbons (Fsp3) is 0.292. The van der Waals surface area contributed by atoms with Crippen LogP contribution < -0.4 is 10.6 Å². The van der Waals surface area contributed by atoms with Crippen LogP contribution in [0.5, 0.6) is 0 Å². The van der Waals surface area contributed by atoms with Crippen molar-refractivity contribution in [1.29, 1.82) is 0 Å². The fourth-order valence-electron chi connectivity index (χ4n) is 4.16. The van der Waals surface area contributed by atoms with Gasteiger partial charge in [-0.1, -0.05) is 30.2 Å². The van der Waals surface area contributed by atoms with Crippen molar-refractivity contribution in [2.45, 2.75) is 24.9 Å². The van der Waals surface area contributed by atoms with E-state index < -0.39 is 18.4 Å². The van der Waals surface area contributed by atoms with Crippen molar-refractivity contribution in [3.63, 3.8) is 0 Å². The van der Waals surface area contributed by atoms with Gasteiger partial charge in [-0.3, -0.25) is 4.57 Å². The molecule has 5 rings (SSSR count). The number of benzene rings is 2. The number of aliphatic hydroxyl groups is 2. The van der Waals surface area contributed by atoms with Crippen LogP contribution in [0.15, 0.2) is 42.7 Å². The van der Waals surface area contributed by atoms with Gasteiger partial charge in [0.15, 0.2) is 11.5 Å². The van der Waals surface area contributed by atoms with E-state index in [0.29, 0.717) is 17.6 Å². The number of nitrogen functional groups attached to an aromatic ring is 1. The monoisotopic (exact) mass is 444 g/mol. The maximum atomic E-state index is 10.1. The molecule has 0 saturated carbocycles. The maximum absolute atomic E-state index is 10.1. The highest BCUT2D eigenvalue weighted by atomic mass is 16.5. The molecule has 9 heteroatoms. The molecular weight excluding hydrogens is 420 g/mol. The topological polar surface area (TPSA) is 123 Å². The second kappa shape index (κ2) is 8.33. The molecular formula is C24H24N6O3. The predicted octanol–water partition coefficient (Wildman–Crippen LogP) is 1.67. The van der Waals surface area contributed by atoms with Gasteiger partial charge in [0, 0.05) is 37.2 Å². The van der Waals surface area contributed by atoms with Crippen LogP contribution in [0, 0.1) is 11.8 Å². The van der Waals surface area contributed by atoms with E-state index in [2.05, 4.69) is 37.8 Å². The molecule has 0 radical (unpaired) electrons. The highest BCUT2D eigenvalue weighted by Gasteiger charge is 2.35. The summed E-state index contributed by atoms with van der Waals surface area (Å²) in [4.78, 5) is 15.2. The Balaban J connectivity index is 1.55. The number of fused-ring (bicyclic) bond motifs is 2. The molecule has 4 N–H and O–H groups in total. The number of anilines is 2. The van der Waals surface area contributed by atoms with Gasteiger partial charge in [-0.05, 0) is 23.4 Å². The van der Waals surface area contributed by atoms with Crippen LogP contribution in [-0.2, 0) is 4.74 Å². The van der Waals surface area contributed by atoms with Gasteiger partial charge in [-0.15, -0.1) is 0 Å². The summed E-state index contributed by atoms with van der Waals surface area (Å²) in [5.41, 5.74) is 9.01. The van der Waals surface area contributed by atoms with E-state index in [1.54, 1.807) is 10.9 Å². The van der Waals surface area contributed by atoms with E-state index in [9.17, 15) is 10.2 Å². The highest BCUT2D eigenvalue weighted by molar-refractivity contribution is 5.98. The number of hydrogen-bond donors (Lipinski definition) is 3. The Bertz CT molecular complexity index is 1400. The molecule has 168 valence electrons. The van der Waals surface area contributed by atoms with Crippen molar-refractivity contribution in [3.8, 4) is 11.8 Å². The molecule has 0 aliphatic carbocycles. The molecule has 3 heterocycles. The summed E-state index contributed by atoms with van der Waals surface area (Å²) in [6.45, 7) is -0.265. The molecule has 4 aromatic rings. The third-order valence-corrected chi connectivity index (χ3v) is 5.83. The molecule has 33 heavy (non-hydrogen) atoms. The van der Waals surface area contributed by atoms with Crippen molar-refractivity contribution >= 4 is 33.4 Å². The number of aromatic nitrogens is 4. The fourth-order valence-corrected chi connectivity index (χ4v) is 4.16. The predicted molar refractivity (Wildman–Crippen MR) is 126 cm³/mol. The lowest BCUT2D eigenvalue weighted by Crippen LogP contribution is -2.24. The minimum absolute atomic E-state index is 0.216. The minimum atomic E-state index is -0.769. The first-order valence-corrected chi connectivity index (χ1v) is 10.6. The summed E-state index contributed by atoms with van der Waals surface area (Å²) in [5, 5.41) is 21.6. The Morgan fingerprint density at radius 2 is 1.94 bits per heavy atom. The van der Waals surface area contributed by atoms with Crippen molar-refractivity contribution < 1.29 is 14.9 Å². The zero-order valence-corrected chi connectivity index (χ0v) is 18.3. The summed E-state index contributed by atoms with van der Waals surface area (Å²) in [7, 11) is 4.02. The van der Waals surface area contributed by atoms with Crippen LogP contribution in [-0.4, -0.2) is 62.6 Å². The molecule has 1 saturated heterocycles. The molecule has 0 amide bonds. The first kappa shape index (κ1) is 21.2. The van der Waals surface area contributed by atoms with Crippen LogP contribution in [0.25, 0.3) is 21.9 Å². The Hall–Kier alpha value is -3.71. The molecule has 3 atom stereocenters. The van der Waals surface area contributed by atoms with Crippen LogP contribution in [0.2, 0.25) is 0 Å². The smallest absolute Gasteiger partial charge is 0.209 e. The van der Waals surface area contributed by atoms with Gasteiger partial charge >= 0.3 is 0 Å². The summed E-state index contributed by atoms with van der Waals surface area (Å²) < 4.78 is 7.44. The van der Waals surface area contributed by atoms with Crippen molar-refractivity contribution in [3.05, 3.63) is 54.1 Å². The summed E-state index contributed by atoms with van der Waals surface area (Å²) in [6.07, 6.45) is -0.0676. The Labute approximate surface area is 190 Å². The molecule has 9 nitrogen and oxygen atoms in total. The number of hydrogen-bond acceptors (Lipinski definition) is 8. The third-order valence-electron chi connectivity index (χ3n) is 5.83. The van der Waals surface area contributed by atoms with Gasteiger partial charge in [0.05, 0.1) is 19.0 Å². The summed E-state index contributed by atoms with van der Waals surface area (Å²) in [5.74, 6) is 6.70. The van der Waals surface area contributed by atoms with E-state index in [-0.39, 0.29) is 18.2 Å². The lowest BCUT2D eigenvalue weighted by Gasteiger charge is -2.16. The largest absolute Gasteiger partial charge is 0.394 e. The van der Waals surface area contributed by atoms with Crippen LogP contribution >= 0.6 is 0 Å². The third kappa shape index (κ3) is 3.74. The molecule has 2 aromatic heterocycles. The second-order valence-corrected chi connectivity index (χ2v) is 8.19. The first-order chi connectivity index (χ1) is 16.0. The van der Waals surface area contributed by atoms with E-state index in [4.69, 9.17) is 10.5 Å². The Morgan fingerprint density at radius 3 is 2.67 bits per heavy atom. The maximum Gasteiger partial charge on any atom is 0.209 e. The second-order valence-electron chi connectivity index (χ2n) is 8.19. The summed E-state index contributed by atoms with van der Waals surface area (Å²) >= 11 is 0. The normalized spacial score (nSPS) is 20.2. The lowest BCUT2D eigenvalue weighted by molar-refractivity contribution is -0.0432. The Kier molecular flexibility index (Phi) is 5.34. The average Bonchev–Trinajstić information content (AvgIpc) is 3.40. The van der Waals surface area contributed by atoms with Crippen molar-refractivity contribution in [2.75, 3.05) is 31.3 Å². The van der Waals surface area contributed by atoms with Gasteiger partial charge in [-0.25, -0.2) is 15.0 Å². The van der Waals surface area contributed by atoms with Gasteiger partial charge in [0.25, 0.3) is 0 Å². The standard InChI is InChI=1S/C24H24N6O3/c1-29(2)17-9-7-14(15-5-3-4-6-16(15)17)8-10-20-27-23(25)22-24(28-20)30(13-26-22)21-11-18(32)19(12-31)33-21/h3-7,9,13,18-19,21,31-32H,11-12H2,1-2H3,(H2,25,27,28)/t18-,19+,21+/m0/s1. The number of rotatable bonds is 3. The zero-order valence-electron chi connectivity index (χ0n) is 18.3. The number of ether oxygens (including phenoxy) is 1. The number of aliphatic hydroxyl groups excluding tert-OH is 2. The molecule has 1 fully saturated rings. The zero-order chi connectivity index (χ0) is 23.1. The van der Waals surface area contributed by atoms with E-state index in [1.165, 1.54) is 0 Å². The van der Waals surface area contributed by atoms with Gasteiger partial charge in [0.1, 0.15) is 17.8 Å². The van der Waals surface area contributed by atoms with Crippen LogP contribution in [0.1, 0.15) is 24.0 Å². The SMILES string of the molecule is CN(C)c1ccc(C#Cc2nc(N)c3ncn([C@H]4C[C@H](O)[C@@H](CO)O4)c3n2)c2ccccc12. The van der Waals surface area contributed by atoms with E-state index in [1.807, 2.05) is 44.4 Å². The molecule has 0 bridgehead atoms. The van der Waals surface area contributed by atoms with Gasteiger partial charge < -0.3 is 25.6 Å². The Morgan fingerprint density at radius 1 is 1.15 bits per heavy atom. The summed E-state index contributed by atoms with van der Waals surface area (Å²) in [6, 6.07) is 12.1. The minimum Gasteiger partial charge on any atom is -0.394 e.